The highest BCUT2D eigenvalue weighted by atomic mass is 16.6. The fourth-order valence-electron chi connectivity index (χ4n) is 1.63. The van der Waals surface area contributed by atoms with Crippen LogP contribution in [0.15, 0.2) is 36.7 Å². The van der Waals surface area contributed by atoms with Crippen LogP contribution in [0.2, 0.25) is 0 Å². The minimum atomic E-state index is -0.437. The third kappa shape index (κ3) is 4.81. The standard InChI is InChI=1S/C14H16N4O3/c1-11-8-17-12(10-16-11)9-15-6-7-21-14-4-2-13(3-5-14)18(19)20/h2-5,8,10,15H,6-7,9H2,1H3. The minimum Gasteiger partial charge on any atom is -0.492 e. The van der Waals surface area contributed by atoms with Crippen molar-refractivity contribution in [2.24, 2.45) is 0 Å². The van der Waals surface area contributed by atoms with Gasteiger partial charge in [0.15, 0.2) is 0 Å². The van der Waals surface area contributed by atoms with E-state index >= 15 is 0 Å². The maximum atomic E-state index is 10.5. The summed E-state index contributed by atoms with van der Waals surface area (Å²) in [4.78, 5) is 18.5. The number of nitrogens with one attached hydrogen (secondary N) is 1. The Kier molecular flexibility index (Phi) is 5.16. The number of benzene rings is 1. The van der Waals surface area contributed by atoms with E-state index in [0.717, 1.165) is 11.4 Å². The van der Waals surface area contributed by atoms with E-state index in [1.165, 1.54) is 12.1 Å². The van der Waals surface area contributed by atoms with Gasteiger partial charge in [-0.2, -0.15) is 0 Å². The van der Waals surface area contributed by atoms with E-state index in [4.69, 9.17) is 4.74 Å². The number of hydrogen-bond donors (Lipinski definition) is 1. The second kappa shape index (κ2) is 7.30. The average Bonchev–Trinajstić information content (AvgIpc) is 2.49. The molecule has 7 heteroatoms. The van der Waals surface area contributed by atoms with E-state index in [9.17, 15) is 10.1 Å². The summed E-state index contributed by atoms with van der Waals surface area (Å²) in [7, 11) is 0. The molecule has 0 amide bonds. The van der Waals surface area contributed by atoms with Crippen molar-refractivity contribution in [3.8, 4) is 5.75 Å². The molecule has 1 aromatic heterocycles. The second-order valence-corrected chi connectivity index (χ2v) is 4.43. The molecule has 0 unspecified atom stereocenters. The van der Waals surface area contributed by atoms with Crippen molar-refractivity contribution in [3.05, 3.63) is 58.2 Å². The molecular weight excluding hydrogens is 272 g/mol. The van der Waals surface area contributed by atoms with Gasteiger partial charge >= 0.3 is 0 Å². The number of non-ortho nitro benzene ring substituents is 1. The Morgan fingerprint density at radius 1 is 1.24 bits per heavy atom. The first-order valence-electron chi connectivity index (χ1n) is 6.50. The lowest BCUT2D eigenvalue weighted by atomic mass is 10.3. The number of aromatic nitrogens is 2. The molecule has 0 aliphatic rings. The lowest BCUT2D eigenvalue weighted by molar-refractivity contribution is -0.384. The van der Waals surface area contributed by atoms with Crippen molar-refractivity contribution in [2.45, 2.75) is 13.5 Å². The Hall–Kier alpha value is -2.54. The van der Waals surface area contributed by atoms with Crippen LogP contribution in [0.5, 0.6) is 5.75 Å². The molecule has 1 aromatic carbocycles. The molecule has 1 N–H and O–H groups in total. The zero-order valence-corrected chi connectivity index (χ0v) is 11.7. The Morgan fingerprint density at radius 3 is 2.62 bits per heavy atom. The highest BCUT2D eigenvalue weighted by Crippen LogP contribution is 2.16. The Bertz CT molecular complexity index is 584. The lowest BCUT2D eigenvalue weighted by Gasteiger charge is -2.07. The van der Waals surface area contributed by atoms with Gasteiger partial charge in [0.25, 0.3) is 5.69 Å². The average molecular weight is 288 g/mol. The maximum absolute atomic E-state index is 10.5. The van der Waals surface area contributed by atoms with Gasteiger partial charge in [0.2, 0.25) is 0 Å². The van der Waals surface area contributed by atoms with Gasteiger partial charge in [0.05, 0.1) is 16.3 Å². The summed E-state index contributed by atoms with van der Waals surface area (Å²) in [5.74, 6) is 0.609. The molecule has 0 aliphatic heterocycles. The Morgan fingerprint density at radius 2 is 2.00 bits per heavy atom. The number of ether oxygens (including phenoxy) is 1. The SMILES string of the molecule is Cc1cnc(CNCCOc2ccc([N+](=O)[O-])cc2)cn1. The highest BCUT2D eigenvalue weighted by Gasteiger charge is 2.04. The van der Waals surface area contributed by atoms with E-state index in [0.29, 0.717) is 25.4 Å². The number of aryl methyl sites for hydroxylation is 1. The van der Waals surface area contributed by atoms with Crippen molar-refractivity contribution in [3.63, 3.8) is 0 Å². The van der Waals surface area contributed by atoms with Crippen LogP contribution in [0, 0.1) is 17.0 Å². The van der Waals surface area contributed by atoms with E-state index in [1.54, 1.807) is 24.5 Å². The fraction of sp³-hybridized carbons (Fsp3) is 0.286. The Balaban J connectivity index is 1.67. The molecule has 1 heterocycles. The molecule has 0 saturated carbocycles. The zero-order valence-electron chi connectivity index (χ0n) is 11.7. The second-order valence-electron chi connectivity index (χ2n) is 4.43. The molecule has 0 atom stereocenters. The van der Waals surface area contributed by atoms with Gasteiger partial charge in [0, 0.05) is 37.6 Å². The van der Waals surface area contributed by atoms with Crippen molar-refractivity contribution < 1.29 is 9.66 Å². The largest absolute Gasteiger partial charge is 0.492 e. The molecule has 0 aliphatic carbocycles. The molecule has 0 spiro atoms. The van der Waals surface area contributed by atoms with E-state index in [1.807, 2.05) is 6.92 Å². The third-order valence-electron chi connectivity index (χ3n) is 2.74. The number of nitrogens with zero attached hydrogens (tertiary/aromatic N) is 3. The van der Waals surface area contributed by atoms with E-state index < -0.39 is 4.92 Å². The smallest absolute Gasteiger partial charge is 0.269 e. The fourth-order valence-corrected chi connectivity index (χ4v) is 1.63. The first-order chi connectivity index (χ1) is 10.1. The molecule has 7 nitrogen and oxygen atoms in total. The molecule has 2 rings (SSSR count). The lowest BCUT2D eigenvalue weighted by Crippen LogP contribution is -2.21. The summed E-state index contributed by atoms with van der Waals surface area (Å²) in [6.45, 7) is 3.63. The first kappa shape index (κ1) is 14.9. The highest BCUT2D eigenvalue weighted by molar-refractivity contribution is 5.35. The molecule has 21 heavy (non-hydrogen) atoms. The molecule has 110 valence electrons. The van der Waals surface area contributed by atoms with Crippen LogP contribution in [-0.4, -0.2) is 28.0 Å². The van der Waals surface area contributed by atoms with Crippen LogP contribution >= 0.6 is 0 Å². The van der Waals surface area contributed by atoms with Gasteiger partial charge in [0.1, 0.15) is 12.4 Å². The van der Waals surface area contributed by atoms with Gasteiger partial charge in [-0.05, 0) is 19.1 Å². The maximum Gasteiger partial charge on any atom is 0.269 e. The predicted molar refractivity (Wildman–Crippen MR) is 77.1 cm³/mol. The van der Waals surface area contributed by atoms with Gasteiger partial charge in [-0.25, -0.2) is 0 Å². The van der Waals surface area contributed by atoms with E-state index in [-0.39, 0.29) is 5.69 Å². The summed E-state index contributed by atoms with van der Waals surface area (Å²) in [6.07, 6.45) is 3.46. The van der Waals surface area contributed by atoms with Crippen LogP contribution in [0.4, 0.5) is 5.69 Å². The van der Waals surface area contributed by atoms with E-state index in [2.05, 4.69) is 15.3 Å². The van der Waals surface area contributed by atoms with Crippen molar-refractivity contribution in [1.29, 1.82) is 0 Å². The molecule has 0 fully saturated rings. The van der Waals surface area contributed by atoms with Crippen molar-refractivity contribution in [2.75, 3.05) is 13.2 Å². The van der Waals surface area contributed by atoms with Crippen LogP contribution in [0.1, 0.15) is 11.4 Å². The van der Waals surface area contributed by atoms with Crippen LogP contribution in [0.25, 0.3) is 0 Å². The van der Waals surface area contributed by atoms with Crippen LogP contribution in [-0.2, 0) is 6.54 Å². The molecular formula is C14H16N4O3. The zero-order chi connectivity index (χ0) is 15.1. The van der Waals surface area contributed by atoms with Gasteiger partial charge in [-0.3, -0.25) is 20.1 Å². The summed E-state index contributed by atoms with van der Waals surface area (Å²) in [6, 6.07) is 6.02. The van der Waals surface area contributed by atoms with Gasteiger partial charge in [-0.1, -0.05) is 0 Å². The van der Waals surface area contributed by atoms with Crippen molar-refractivity contribution in [1.82, 2.24) is 15.3 Å². The van der Waals surface area contributed by atoms with Crippen LogP contribution in [0.3, 0.4) is 0 Å². The summed E-state index contributed by atoms with van der Waals surface area (Å²) in [5.41, 5.74) is 1.81. The Labute approximate surface area is 122 Å². The molecule has 0 saturated heterocycles. The van der Waals surface area contributed by atoms with Crippen molar-refractivity contribution >= 4 is 5.69 Å². The molecule has 2 aromatic rings. The monoisotopic (exact) mass is 288 g/mol. The topological polar surface area (TPSA) is 90.2 Å². The normalized spacial score (nSPS) is 10.3. The number of nitro benzene ring substituents is 1. The predicted octanol–water partition coefficient (Wildman–Crippen LogP) is 1.86. The van der Waals surface area contributed by atoms with Gasteiger partial charge in [-0.15, -0.1) is 0 Å². The number of nitro groups is 1. The molecule has 0 radical (unpaired) electrons. The van der Waals surface area contributed by atoms with Gasteiger partial charge < -0.3 is 10.1 Å². The first-order valence-corrected chi connectivity index (χ1v) is 6.50. The summed E-state index contributed by atoms with van der Waals surface area (Å²) < 4.78 is 5.48. The molecule has 0 bridgehead atoms. The third-order valence-corrected chi connectivity index (χ3v) is 2.74. The minimum absolute atomic E-state index is 0.0541. The summed E-state index contributed by atoms with van der Waals surface area (Å²) in [5, 5.41) is 13.7. The summed E-state index contributed by atoms with van der Waals surface area (Å²) >= 11 is 0. The number of rotatable bonds is 7. The quantitative estimate of drug-likeness (QED) is 0.475. The van der Waals surface area contributed by atoms with Crippen LogP contribution < -0.4 is 10.1 Å². The number of hydrogen-bond acceptors (Lipinski definition) is 6.